The number of halogens is 1. The molecule has 4 rings (SSSR count). The Kier molecular flexibility index (Phi) is 6.41. The Balaban J connectivity index is 1.85. The van der Waals surface area contributed by atoms with Gasteiger partial charge in [-0.05, 0) is 29.8 Å². The van der Waals surface area contributed by atoms with Crippen molar-refractivity contribution in [2.24, 2.45) is 0 Å². The molecule has 4 aromatic rings. The highest BCUT2D eigenvalue weighted by atomic mass is 19.1. The van der Waals surface area contributed by atoms with Crippen LogP contribution in [0.5, 0.6) is 0 Å². The summed E-state index contributed by atoms with van der Waals surface area (Å²) in [5, 5.41) is 13.6. The molecule has 1 heterocycles. The van der Waals surface area contributed by atoms with E-state index in [1.165, 1.54) is 31.0 Å². The van der Waals surface area contributed by atoms with Crippen molar-refractivity contribution in [3.8, 4) is 28.1 Å². The summed E-state index contributed by atoms with van der Waals surface area (Å²) in [5.41, 5.74) is 1.53. The van der Waals surface area contributed by atoms with Crippen molar-refractivity contribution in [1.82, 2.24) is 9.78 Å². The first-order valence-corrected chi connectivity index (χ1v) is 10.3. The minimum Gasteiger partial charge on any atom is -0.478 e. The van der Waals surface area contributed by atoms with Gasteiger partial charge in [0.05, 0.1) is 25.5 Å². The number of carbonyl (C=O) groups excluding carboxylic acids is 2. The molecule has 0 saturated heterocycles. The molecule has 0 spiro atoms. The molecule has 0 radical (unpaired) electrons. The summed E-state index contributed by atoms with van der Waals surface area (Å²) >= 11 is 0. The maximum Gasteiger partial charge on any atom is 0.357 e. The Bertz CT molecular complexity index is 1430. The van der Waals surface area contributed by atoms with Gasteiger partial charge in [-0.1, -0.05) is 48.5 Å². The monoisotopic (exact) mass is 474 g/mol. The minimum absolute atomic E-state index is 0.0760. The third-order valence-electron chi connectivity index (χ3n) is 5.34. The van der Waals surface area contributed by atoms with Crippen LogP contribution >= 0.6 is 0 Å². The van der Waals surface area contributed by atoms with Crippen LogP contribution < -0.4 is 0 Å². The molecule has 0 atom stereocenters. The lowest BCUT2D eigenvalue weighted by Crippen LogP contribution is -2.15. The first-order valence-electron chi connectivity index (χ1n) is 10.3. The molecule has 0 aliphatic carbocycles. The number of aromatic carboxylic acids is 1. The third kappa shape index (κ3) is 4.39. The van der Waals surface area contributed by atoms with Gasteiger partial charge in [0.1, 0.15) is 17.1 Å². The number of hydrogen-bond acceptors (Lipinski definition) is 6. The molecular formula is C26H19FN2O6. The Morgan fingerprint density at radius 2 is 1.49 bits per heavy atom. The average Bonchev–Trinajstić information content (AvgIpc) is 3.29. The summed E-state index contributed by atoms with van der Waals surface area (Å²) in [4.78, 5) is 36.5. The van der Waals surface area contributed by atoms with Crippen LogP contribution in [-0.4, -0.2) is 47.0 Å². The average molecular weight is 474 g/mol. The van der Waals surface area contributed by atoms with Crippen LogP contribution in [0.1, 0.15) is 31.2 Å². The summed E-state index contributed by atoms with van der Waals surface area (Å²) in [5.74, 6) is -3.46. The zero-order valence-corrected chi connectivity index (χ0v) is 18.7. The number of hydrogen-bond donors (Lipinski definition) is 1. The standard InChI is InChI=1S/C26H19FN2O6/c1-34-25(32)21-22(28-29(23(21)26(33)35-2)18-6-4-3-5-7-18)16-10-8-15(9-11-16)19-13-12-17(24(30)31)14-20(19)27/h3-14H,1-2H3,(H,30,31). The van der Waals surface area contributed by atoms with Crippen LogP contribution in [0.3, 0.4) is 0 Å². The fourth-order valence-corrected chi connectivity index (χ4v) is 3.65. The van der Waals surface area contributed by atoms with E-state index < -0.39 is 23.7 Å². The number of carboxylic acid groups (broad SMARTS) is 1. The van der Waals surface area contributed by atoms with Gasteiger partial charge in [-0.25, -0.2) is 23.5 Å². The number of carboxylic acids is 1. The van der Waals surface area contributed by atoms with E-state index in [2.05, 4.69) is 5.10 Å². The normalized spacial score (nSPS) is 10.6. The Morgan fingerprint density at radius 1 is 0.857 bits per heavy atom. The third-order valence-corrected chi connectivity index (χ3v) is 5.34. The van der Waals surface area contributed by atoms with Gasteiger partial charge < -0.3 is 14.6 Å². The SMILES string of the molecule is COC(=O)c1c(-c2ccc(-c3ccc(C(=O)O)cc3F)cc2)nn(-c2ccccc2)c1C(=O)OC. The summed E-state index contributed by atoms with van der Waals surface area (Å²) in [7, 11) is 2.39. The molecule has 0 amide bonds. The number of para-hydroxylation sites is 1. The van der Waals surface area contributed by atoms with Gasteiger partial charge in [-0.3, -0.25) is 0 Å². The number of benzene rings is 3. The van der Waals surface area contributed by atoms with Crippen molar-refractivity contribution in [3.63, 3.8) is 0 Å². The fourth-order valence-electron chi connectivity index (χ4n) is 3.65. The zero-order valence-electron chi connectivity index (χ0n) is 18.7. The van der Waals surface area contributed by atoms with Gasteiger partial charge in [0.25, 0.3) is 0 Å². The van der Waals surface area contributed by atoms with Gasteiger partial charge in [-0.15, -0.1) is 0 Å². The number of esters is 2. The smallest absolute Gasteiger partial charge is 0.357 e. The molecule has 0 fully saturated rings. The van der Waals surface area contributed by atoms with E-state index in [0.29, 0.717) is 16.8 Å². The molecule has 176 valence electrons. The second kappa shape index (κ2) is 9.60. The van der Waals surface area contributed by atoms with Gasteiger partial charge in [0.15, 0.2) is 5.69 Å². The van der Waals surface area contributed by atoms with Gasteiger partial charge in [0, 0.05) is 11.1 Å². The molecule has 0 unspecified atom stereocenters. The summed E-state index contributed by atoms with van der Waals surface area (Å²) < 4.78 is 25.7. The van der Waals surface area contributed by atoms with Crippen LogP contribution in [0.15, 0.2) is 72.8 Å². The second-order valence-corrected chi connectivity index (χ2v) is 7.38. The summed E-state index contributed by atoms with van der Waals surface area (Å²) in [6, 6.07) is 18.8. The highest BCUT2D eigenvalue weighted by Crippen LogP contribution is 2.31. The lowest BCUT2D eigenvalue weighted by atomic mass is 9.99. The second-order valence-electron chi connectivity index (χ2n) is 7.38. The van der Waals surface area contributed by atoms with Crippen molar-refractivity contribution < 1.29 is 33.4 Å². The van der Waals surface area contributed by atoms with E-state index in [-0.39, 0.29) is 28.1 Å². The number of aromatic nitrogens is 2. The van der Waals surface area contributed by atoms with Crippen LogP contribution in [0.2, 0.25) is 0 Å². The van der Waals surface area contributed by atoms with Crippen molar-refractivity contribution in [3.05, 3.63) is 95.4 Å². The van der Waals surface area contributed by atoms with Crippen molar-refractivity contribution in [2.45, 2.75) is 0 Å². The first-order chi connectivity index (χ1) is 16.8. The molecule has 9 heteroatoms. The summed E-state index contributed by atoms with van der Waals surface area (Å²) in [6.07, 6.45) is 0. The largest absolute Gasteiger partial charge is 0.478 e. The lowest BCUT2D eigenvalue weighted by Gasteiger charge is -2.07. The Labute approximate surface area is 199 Å². The van der Waals surface area contributed by atoms with E-state index in [1.807, 2.05) is 0 Å². The van der Waals surface area contributed by atoms with Crippen molar-refractivity contribution in [1.29, 1.82) is 0 Å². The fraction of sp³-hybridized carbons (Fsp3) is 0.0769. The molecule has 1 aromatic heterocycles. The number of carbonyl (C=O) groups is 3. The zero-order chi connectivity index (χ0) is 25.1. The number of rotatable bonds is 6. The lowest BCUT2D eigenvalue weighted by molar-refractivity contribution is 0.0549. The molecule has 0 saturated carbocycles. The number of ether oxygens (including phenoxy) is 2. The molecule has 3 aromatic carbocycles. The van der Waals surface area contributed by atoms with Crippen molar-refractivity contribution >= 4 is 17.9 Å². The van der Waals surface area contributed by atoms with Gasteiger partial charge in [0.2, 0.25) is 0 Å². The van der Waals surface area contributed by atoms with E-state index in [0.717, 1.165) is 6.07 Å². The number of methoxy groups -OCH3 is 2. The van der Waals surface area contributed by atoms with Gasteiger partial charge >= 0.3 is 17.9 Å². The minimum atomic E-state index is -1.23. The quantitative estimate of drug-likeness (QED) is 0.407. The maximum absolute atomic E-state index is 14.5. The molecule has 0 aliphatic heterocycles. The van der Waals surface area contributed by atoms with E-state index >= 15 is 0 Å². The van der Waals surface area contributed by atoms with Gasteiger partial charge in [-0.2, -0.15) is 5.10 Å². The van der Waals surface area contributed by atoms with Crippen molar-refractivity contribution in [2.75, 3.05) is 14.2 Å². The highest BCUT2D eigenvalue weighted by Gasteiger charge is 2.31. The molecule has 8 nitrogen and oxygen atoms in total. The predicted molar refractivity (Wildman–Crippen MR) is 124 cm³/mol. The molecule has 0 bridgehead atoms. The Morgan fingerprint density at radius 3 is 2.06 bits per heavy atom. The Hall–Kier alpha value is -4.79. The van der Waals surface area contributed by atoms with E-state index in [4.69, 9.17) is 14.6 Å². The van der Waals surface area contributed by atoms with Crippen LogP contribution in [0.4, 0.5) is 4.39 Å². The first kappa shape index (κ1) is 23.4. The van der Waals surface area contributed by atoms with Crippen LogP contribution in [0, 0.1) is 5.82 Å². The van der Waals surface area contributed by atoms with Crippen LogP contribution in [0.25, 0.3) is 28.1 Å². The predicted octanol–water partition coefficient (Wildman–Crippen LogP) is 4.62. The highest BCUT2D eigenvalue weighted by molar-refractivity contribution is 6.06. The van der Waals surface area contributed by atoms with E-state index in [1.54, 1.807) is 54.6 Å². The topological polar surface area (TPSA) is 108 Å². The molecular weight excluding hydrogens is 455 g/mol. The molecule has 1 N–H and O–H groups in total. The number of nitrogens with zero attached hydrogens (tertiary/aromatic N) is 2. The van der Waals surface area contributed by atoms with Crippen LogP contribution in [-0.2, 0) is 9.47 Å². The molecule has 35 heavy (non-hydrogen) atoms. The molecule has 0 aliphatic rings. The van der Waals surface area contributed by atoms with E-state index in [9.17, 15) is 18.8 Å². The maximum atomic E-state index is 14.5. The summed E-state index contributed by atoms with van der Waals surface area (Å²) in [6.45, 7) is 0.